The van der Waals surface area contributed by atoms with Crippen molar-refractivity contribution in [3.05, 3.63) is 47.5 Å². The summed E-state index contributed by atoms with van der Waals surface area (Å²) in [5, 5.41) is 4.09. The Balaban J connectivity index is 2.36. The van der Waals surface area contributed by atoms with Crippen molar-refractivity contribution in [2.75, 3.05) is 0 Å². The lowest BCUT2D eigenvalue weighted by Gasteiger charge is -2.11. The van der Waals surface area contributed by atoms with E-state index < -0.39 is 0 Å². The van der Waals surface area contributed by atoms with Gasteiger partial charge < -0.3 is 5.73 Å². The molecule has 0 saturated carbocycles. The molecule has 0 radical (unpaired) electrons. The van der Waals surface area contributed by atoms with E-state index in [0.717, 1.165) is 17.0 Å². The van der Waals surface area contributed by atoms with E-state index in [-0.39, 0.29) is 6.04 Å². The SMILES string of the molecule is Cc1ccnc(C(N)c2ccnn2C)c1. The molecule has 1 atom stereocenters. The normalized spacial score (nSPS) is 12.7. The largest absolute Gasteiger partial charge is 0.318 e. The van der Waals surface area contributed by atoms with Crippen molar-refractivity contribution in [2.45, 2.75) is 13.0 Å². The summed E-state index contributed by atoms with van der Waals surface area (Å²) in [6, 6.07) is 5.66. The van der Waals surface area contributed by atoms with Gasteiger partial charge in [-0.25, -0.2) is 0 Å². The number of aryl methyl sites for hydroxylation is 2. The van der Waals surface area contributed by atoms with E-state index in [1.54, 1.807) is 17.1 Å². The van der Waals surface area contributed by atoms with Crippen molar-refractivity contribution in [1.29, 1.82) is 0 Å². The van der Waals surface area contributed by atoms with Crippen LogP contribution in [0, 0.1) is 6.92 Å². The predicted molar refractivity (Wildman–Crippen MR) is 58.2 cm³/mol. The second kappa shape index (κ2) is 3.82. The summed E-state index contributed by atoms with van der Waals surface area (Å²) in [5.74, 6) is 0. The van der Waals surface area contributed by atoms with Crippen molar-refractivity contribution >= 4 is 0 Å². The zero-order chi connectivity index (χ0) is 10.8. The van der Waals surface area contributed by atoms with E-state index in [2.05, 4.69) is 10.1 Å². The van der Waals surface area contributed by atoms with Crippen molar-refractivity contribution in [3.63, 3.8) is 0 Å². The van der Waals surface area contributed by atoms with Crippen LogP contribution in [0.4, 0.5) is 0 Å². The van der Waals surface area contributed by atoms with E-state index >= 15 is 0 Å². The lowest BCUT2D eigenvalue weighted by Crippen LogP contribution is -2.17. The Hall–Kier alpha value is -1.68. The van der Waals surface area contributed by atoms with Crippen molar-refractivity contribution in [1.82, 2.24) is 14.8 Å². The minimum atomic E-state index is -0.211. The lowest BCUT2D eigenvalue weighted by molar-refractivity contribution is 0.663. The van der Waals surface area contributed by atoms with Gasteiger partial charge in [0.05, 0.1) is 17.4 Å². The first-order valence-electron chi connectivity index (χ1n) is 4.84. The number of aromatic nitrogens is 3. The lowest BCUT2D eigenvalue weighted by atomic mass is 10.1. The molecule has 2 aromatic rings. The molecule has 0 saturated heterocycles. The maximum atomic E-state index is 6.11. The van der Waals surface area contributed by atoms with E-state index in [4.69, 9.17) is 5.73 Å². The summed E-state index contributed by atoms with van der Waals surface area (Å²) in [4.78, 5) is 4.27. The molecule has 2 N–H and O–H groups in total. The Labute approximate surface area is 88.8 Å². The fraction of sp³-hybridized carbons (Fsp3) is 0.273. The van der Waals surface area contributed by atoms with Crippen LogP contribution in [0.2, 0.25) is 0 Å². The van der Waals surface area contributed by atoms with Gasteiger partial charge in [0.1, 0.15) is 0 Å². The van der Waals surface area contributed by atoms with Crippen LogP contribution < -0.4 is 5.73 Å². The van der Waals surface area contributed by atoms with Crippen molar-refractivity contribution < 1.29 is 0 Å². The molecule has 2 aromatic heterocycles. The predicted octanol–water partition coefficient (Wildman–Crippen LogP) is 1.17. The average Bonchev–Trinajstić information content (AvgIpc) is 2.63. The molecule has 2 heterocycles. The molecule has 0 aliphatic rings. The van der Waals surface area contributed by atoms with Gasteiger partial charge >= 0.3 is 0 Å². The summed E-state index contributed by atoms with van der Waals surface area (Å²) < 4.78 is 1.77. The molecule has 0 spiro atoms. The Bertz CT molecular complexity index is 461. The quantitative estimate of drug-likeness (QED) is 0.795. The molecule has 1 unspecified atom stereocenters. The molecule has 0 bridgehead atoms. The van der Waals surface area contributed by atoms with Crippen molar-refractivity contribution in [2.24, 2.45) is 12.8 Å². The minimum Gasteiger partial charge on any atom is -0.318 e. The van der Waals surface area contributed by atoms with Crippen LogP contribution in [0.5, 0.6) is 0 Å². The Kier molecular flexibility index (Phi) is 2.51. The molecule has 78 valence electrons. The van der Waals surface area contributed by atoms with Gasteiger partial charge in [-0.15, -0.1) is 0 Å². The first-order chi connectivity index (χ1) is 7.18. The summed E-state index contributed by atoms with van der Waals surface area (Å²) in [5.41, 5.74) is 9.11. The molecule has 0 amide bonds. The molecule has 0 aromatic carbocycles. The van der Waals surface area contributed by atoms with Crippen LogP contribution in [0.1, 0.15) is 23.0 Å². The van der Waals surface area contributed by atoms with Gasteiger partial charge in [-0.2, -0.15) is 5.10 Å². The summed E-state index contributed by atoms with van der Waals surface area (Å²) in [6.07, 6.45) is 3.52. The van der Waals surface area contributed by atoms with E-state index in [1.807, 2.05) is 32.2 Å². The Morgan fingerprint density at radius 3 is 2.73 bits per heavy atom. The standard InChI is InChI=1S/C11H14N4/c1-8-3-5-13-9(7-8)11(12)10-4-6-14-15(10)2/h3-7,11H,12H2,1-2H3. The zero-order valence-corrected chi connectivity index (χ0v) is 8.88. The van der Waals surface area contributed by atoms with Gasteiger partial charge in [0.2, 0.25) is 0 Å². The smallest absolute Gasteiger partial charge is 0.0896 e. The Morgan fingerprint density at radius 1 is 1.33 bits per heavy atom. The summed E-state index contributed by atoms with van der Waals surface area (Å²) in [6.45, 7) is 2.03. The molecule has 4 heteroatoms. The van der Waals surface area contributed by atoms with E-state index in [0.29, 0.717) is 0 Å². The average molecular weight is 202 g/mol. The first-order valence-corrected chi connectivity index (χ1v) is 4.84. The van der Waals surface area contributed by atoms with Crippen molar-refractivity contribution in [3.8, 4) is 0 Å². The first kappa shape index (κ1) is 9.86. The van der Waals surface area contributed by atoms with Crippen LogP contribution in [0.25, 0.3) is 0 Å². The van der Waals surface area contributed by atoms with Gasteiger partial charge in [-0.05, 0) is 30.7 Å². The van der Waals surface area contributed by atoms with Gasteiger partial charge in [0.25, 0.3) is 0 Å². The number of rotatable bonds is 2. The monoisotopic (exact) mass is 202 g/mol. The van der Waals surface area contributed by atoms with Crippen LogP contribution in [0.3, 0.4) is 0 Å². The van der Waals surface area contributed by atoms with Gasteiger partial charge in [-0.1, -0.05) is 0 Å². The van der Waals surface area contributed by atoms with Gasteiger partial charge in [-0.3, -0.25) is 9.67 Å². The molecule has 2 rings (SSSR count). The maximum Gasteiger partial charge on any atom is 0.0896 e. The third-order valence-electron chi connectivity index (χ3n) is 2.43. The summed E-state index contributed by atoms with van der Waals surface area (Å²) >= 11 is 0. The molecule has 15 heavy (non-hydrogen) atoms. The van der Waals surface area contributed by atoms with E-state index in [1.165, 1.54) is 0 Å². The molecule has 4 nitrogen and oxygen atoms in total. The summed E-state index contributed by atoms with van der Waals surface area (Å²) in [7, 11) is 1.88. The fourth-order valence-corrected chi connectivity index (χ4v) is 1.57. The molecule has 0 fully saturated rings. The van der Waals surface area contributed by atoms with Crippen LogP contribution in [-0.2, 0) is 7.05 Å². The fourth-order valence-electron chi connectivity index (χ4n) is 1.57. The second-order valence-corrected chi connectivity index (χ2v) is 3.62. The molecular formula is C11H14N4. The number of hydrogen-bond acceptors (Lipinski definition) is 3. The highest BCUT2D eigenvalue weighted by atomic mass is 15.3. The second-order valence-electron chi connectivity index (χ2n) is 3.62. The highest BCUT2D eigenvalue weighted by Gasteiger charge is 2.13. The number of nitrogens with zero attached hydrogens (tertiary/aromatic N) is 3. The van der Waals surface area contributed by atoms with E-state index in [9.17, 15) is 0 Å². The van der Waals surface area contributed by atoms with Gasteiger partial charge in [0, 0.05) is 19.4 Å². The highest BCUT2D eigenvalue weighted by Crippen LogP contribution is 2.16. The maximum absolute atomic E-state index is 6.11. The topological polar surface area (TPSA) is 56.7 Å². The van der Waals surface area contributed by atoms with Crippen LogP contribution in [-0.4, -0.2) is 14.8 Å². The van der Waals surface area contributed by atoms with Crippen LogP contribution >= 0.6 is 0 Å². The molecule has 0 aliphatic carbocycles. The van der Waals surface area contributed by atoms with Gasteiger partial charge in [0.15, 0.2) is 0 Å². The highest BCUT2D eigenvalue weighted by molar-refractivity contribution is 5.24. The number of hydrogen-bond donors (Lipinski definition) is 1. The Morgan fingerprint density at radius 2 is 2.13 bits per heavy atom. The van der Waals surface area contributed by atoms with Crippen LogP contribution in [0.15, 0.2) is 30.6 Å². The minimum absolute atomic E-state index is 0.211. The molecule has 0 aliphatic heterocycles. The zero-order valence-electron chi connectivity index (χ0n) is 8.88. The third-order valence-corrected chi connectivity index (χ3v) is 2.43. The molecular weight excluding hydrogens is 188 g/mol. The number of nitrogens with two attached hydrogens (primary N) is 1. The third kappa shape index (κ3) is 1.89. The number of pyridine rings is 1.